The van der Waals surface area contributed by atoms with E-state index in [0.29, 0.717) is 6.42 Å². The molecule has 0 spiro atoms. The Morgan fingerprint density at radius 2 is 2.29 bits per heavy atom. The molecule has 1 rings (SSSR count). The fraction of sp³-hybridized carbons (Fsp3) is 0.556. The summed E-state index contributed by atoms with van der Waals surface area (Å²) in [5, 5.41) is 17.1. The summed E-state index contributed by atoms with van der Waals surface area (Å²) in [5.41, 5.74) is 5.24. The van der Waals surface area contributed by atoms with Crippen molar-refractivity contribution in [2.45, 2.75) is 32.2 Å². The summed E-state index contributed by atoms with van der Waals surface area (Å²) in [7, 11) is 0. The number of amides is 1. The van der Waals surface area contributed by atoms with Gasteiger partial charge >= 0.3 is 5.97 Å². The Balaban J connectivity index is 2.60. The number of aliphatic carboxylic acids is 1. The lowest BCUT2D eigenvalue weighted by Gasteiger charge is -2.12. The number of aromatic nitrogens is 3. The quantitative estimate of drug-likeness (QED) is 0.543. The molecule has 1 heterocycles. The number of hydrogen-bond acceptors (Lipinski definition) is 5. The number of nitrogens with one attached hydrogen (secondary N) is 2. The van der Waals surface area contributed by atoms with Crippen LogP contribution in [0.1, 0.15) is 36.8 Å². The molecule has 0 aromatic carbocycles. The third-order valence-corrected chi connectivity index (χ3v) is 2.17. The number of carbonyl (C=O) groups is 2. The first kappa shape index (κ1) is 12.9. The number of hydrogen-bond donors (Lipinski definition) is 4. The molecule has 1 aromatic heterocycles. The molecule has 0 radical (unpaired) electrons. The molecule has 94 valence electrons. The second-order valence-corrected chi connectivity index (χ2v) is 3.55. The van der Waals surface area contributed by atoms with E-state index in [4.69, 9.17) is 10.8 Å². The summed E-state index contributed by atoms with van der Waals surface area (Å²) in [4.78, 5) is 26.1. The van der Waals surface area contributed by atoms with Gasteiger partial charge in [0.05, 0.1) is 0 Å². The van der Waals surface area contributed by atoms with Crippen molar-refractivity contribution in [2.24, 2.45) is 0 Å². The number of carbonyl (C=O) groups excluding carboxylic acids is 1. The van der Waals surface area contributed by atoms with Gasteiger partial charge in [0.2, 0.25) is 11.8 Å². The zero-order valence-corrected chi connectivity index (χ0v) is 9.43. The minimum atomic E-state index is -1.07. The van der Waals surface area contributed by atoms with Gasteiger partial charge in [-0.1, -0.05) is 19.8 Å². The lowest BCUT2D eigenvalue weighted by molar-refractivity contribution is -0.139. The van der Waals surface area contributed by atoms with Crippen molar-refractivity contribution < 1.29 is 14.7 Å². The first-order valence-electron chi connectivity index (χ1n) is 5.26. The predicted molar refractivity (Wildman–Crippen MR) is 59.2 cm³/mol. The van der Waals surface area contributed by atoms with E-state index < -0.39 is 17.9 Å². The number of nitrogens with zero attached hydrogens (tertiary/aromatic N) is 2. The van der Waals surface area contributed by atoms with Crippen molar-refractivity contribution >= 4 is 17.8 Å². The van der Waals surface area contributed by atoms with E-state index in [1.165, 1.54) is 0 Å². The van der Waals surface area contributed by atoms with Crippen LogP contribution in [0.5, 0.6) is 0 Å². The highest BCUT2D eigenvalue weighted by Gasteiger charge is 2.21. The number of nitrogens with two attached hydrogens (primary N) is 1. The van der Waals surface area contributed by atoms with Gasteiger partial charge in [-0.15, -0.1) is 5.10 Å². The Morgan fingerprint density at radius 3 is 2.76 bits per heavy atom. The van der Waals surface area contributed by atoms with Crippen LogP contribution >= 0.6 is 0 Å². The van der Waals surface area contributed by atoms with Crippen LogP contribution in [0.15, 0.2) is 0 Å². The van der Waals surface area contributed by atoms with Crippen molar-refractivity contribution in [3.05, 3.63) is 5.82 Å². The van der Waals surface area contributed by atoms with Crippen LogP contribution in [-0.2, 0) is 4.79 Å². The fourth-order valence-electron chi connectivity index (χ4n) is 1.27. The van der Waals surface area contributed by atoms with Gasteiger partial charge in [-0.05, 0) is 6.42 Å². The monoisotopic (exact) mass is 241 g/mol. The smallest absolute Gasteiger partial charge is 0.326 e. The van der Waals surface area contributed by atoms with Gasteiger partial charge in [-0.25, -0.2) is 4.79 Å². The molecule has 8 heteroatoms. The van der Waals surface area contributed by atoms with E-state index in [1.807, 2.05) is 6.92 Å². The largest absolute Gasteiger partial charge is 0.480 e. The van der Waals surface area contributed by atoms with E-state index in [-0.39, 0.29) is 11.8 Å². The van der Waals surface area contributed by atoms with Gasteiger partial charge < -0.3 is 16.2 Å². The third kappa shape index (κ3) is 3.74. The molecule has 0 bridgehead atoms. The second-order valence-electron chi connectivity index (χ2n) is 3.55. The van der Waals surface area contributed by atoms with Crippen molar-refractivity contribution in [1.29, 1.82) is 0 Å². The normalized spacial score (nSPS) is 12.1. The van der Waals surface area contributed by atoms with Gasteiger partial charge in [0.1, 0.15) is 6.04 Å². The maximum absolute atomic E-state index is 11.6. The average Bonchev–Trinajstić information content (AvgIpc) is 2.70. The van der Waals surface area contributed by atoms with E-state index in [1.54, 1.807) is 0 Å². The first-order valence-corrected chi connectivity index (χ1v) is 5.26. The summed E-state index contributed by atoms with van der Waals surface area (Å²) in [6.45, 7) is 1.94. The summed E-state index contributed by atoms with van der Waals surface area (Å²) >= 11 is 0. The average molecular weight is 241 g/mol. The highest BCUT2D eigenvalue weighted by molar-refractivity contribution is 5.93. The predicted octanol–water partition coefficient (Wildman–Crippen LogP) is -0.240. The van der Waals surface area contributed by atoms with Crippen LogP contribution < -0.4 is 11.1 Å². The van der Waals surface area contributed by atoms with Crippen molar-refractivity contribution in [3.63, 3.8) is 0 Å². The Bertz CT molecular complexity index is 403. The Kier molecular flexibility index (Phi) is 4.44. The highest BCUT2D eigenvalue weighted by Crippen LogP contribution is 2.02. The number of rotatable bonds is 6. The number of unbranched alkanes of at least 4 members (excludes halogenated alkanes) is 1. The van der Waals surface area contributed by atoms with Gasteiger partial charge in [0.15, 0.2) is 0 Å². The number of anilines is 1. The number of nitrogen functional groups attached to an aromatic ring is 1. The Labute approximate surface area is 97.6 Å². The zero-order valence-electron chi connectivity index (χ0n) is 9.43. The van der Waals surface area contributed by atoms with Crippen molar-refractivity contribution in [1.82, 2.24) is 20.5 Å². The van der Waals surface area contributed by atoms with E-state index in [9.17, 15) is 9.59 Å². The van der Waals surface area contributed by atoms with Gasteiger partial charge in [-0.2, -0.15) is 4.98 Å². The maximum atomic E-state index is 11.6. The molecule has 0 saturated heterocycles. The van der Waals surface area contributed by atoms with Crippen LogP contribution in [0.3, 0.4) is 0 Å². The Hall–Kier alpha value is -2.12. The van der Waals surface area contributed by atoms with Crippen molar-refractivity contribution in [2.75, 3.05) is 5.73 Å². The standard InChI is InChI=1S/C9H15N5O3/c1-2-3-4-5(8(16)17)11-7(15)6-12-9(10)14-13-6/h5H,2-4H2,1H3,(H,11,15)(H,16,17)(H3,10,12,13,14)/t5-/m0/s1. The molecule has 0 unspecified atom stereocenters. The van der Waals surface area contributed by atoms with Crippen LogP contribution in [0, 0.1) is 0 Å². The number of aromatic amines is 1. The minimum Gasteiger partial charge on any atom is -0.480 e. The van der Waals surface area contributed by atoms with Crippen LogP contribution in [0.4, 0.5) is 5.95 Å². The van der Waals surface area contributed by atoms with Crippen LogP contribution in [-0.4, -0.2) is 38.2 Å². The molecule has 0 aliphatic rings. The van der Waals surface area contributed by atoms with E-state index in [2.05, 4.69) is 20.5 Å². The second kappa shape index (κ2) is 5.83. The maximum Gasteiger partial charge on any atom is 0.326 e. The highest BCUT2D eigenvalue weighted by atomic mass is 16.4. The number of carboxylic acids is 1. The van der Waals surface area contributed by atoms with Crippen molar-refractivity contribution in [3.8, 4) is 0 Å². The molecule has 0 aliphatic carbocycles. The summed E-state index contributed by atoms with van der Waals surface area (Å²) in [6, 6.07) is -0.922. The molecule has 0 fully saturated rings. The molecule has 5 N–H and O–H groups in total. The van der Waals surface area contributed by atoms with Gasteiger partial charge in [0, 0.05) is 0 Å². The molecular formula is C9H15N5O3. The topological polar surface area (TPSA) is 134 Å². The summed E-state index contributed by atoms with van der Waals surface area (Å²) in [6.07, 6.45) is 1.95. The molecule has 8 nitrogen and oxygen atoms in total. The lowest BCUT2D eigenvalue weighted by Crippen LogP contribution is -2.41. The molecule has 1 atom stereocenters. The summed E-state index contributed by atoms with van der Waals surface area (Å²) < 4.78 is 0. The van der Waals surface area contributed by atoms with Crippen LogP contribution in [0.2, 0.25) is 0 Å². The molecule has 1 aromatic rings. The fourth-order valence-corrected chi connectivity index (χ4v) is 1.27. The Morgan fingerprint density at radius 1 is 1.59 bits per heavy atom. The number of H-pyrrole nitrogens is 1. The summed E-state index contributed by atoms with van der Waals surface area (Å²) in [5.74, 6) is -1.85. The minimum absolute atomic E-state index is 0.0596. The zero-order chi connectivity index (χ0) is 12.8. The molecule has 0 aliphatic heterocycles. The SMILES string of the molecule is CCCC[C@H](NC(=O)c1nc(N)n[nH]1)C(=O)O. The molecule has 17 heavy (non-hydrogen) atoms. The third-order valence-electron chi connectivity index (χ3n) is 2.17. The van der Waals surface area contributed by atoms with E-state index in [0.717, 1.165) is 12.8 Å². The molecular weight excluding hydrogens is 226 g/mol. The van der Waals surface area contributed by atoms with Gasteiger partial charge in [0.25, 0.3) is 5.91 Å². The number of carboxylic acid groups (broad SMARTS) is 1. The van der Waals surface area contributed by atoms with Gasteiger partial charge in [-0.3, -0.25) is 9.89 Å². The van der Waals surface area contributed by atoms with Crippen LogP contribution in [0.25, 0.3) is 0 Å². The molecule has 0 saturated carbocycles. The first-order chi connectivity index (χ1) is 8.04. The lowest BCUT2D eigenvalue weighted by atomic mass is 10.1. The molecule has 1 amide bonds. The van der Waals surface area contributed by atoms with E-state index >= 15 is 0 Å².